The Balaban J connectivity index is 1.69. The molecule has 2 aliphatic heterocycles. The topological polar surface area (TPSA) is 83.2 Å². The van der Waals surface area contributed by atoms with Crippen molar-refractivity contribution in [1.29, 1.82) is 0 Å². The molecule has 150 valence electrons. The molecule has 6 nitrogen and oxygen atoms in total. The van der Waals surface area contributed by atoms with E-state index >= 15 is 0 Å². The molecule has 2 atom stereocenters. The number of allylic oxidation sites excluding steroid dienone is 2. The van der Waals surface area contributed by atoms with Gasteiger partial charge in [-0.3, -0.25) is 14.6 Å². The second-order valence-electron chi connectivity index (χ2n) is 8.30. The van der Waals surface area contributed by atoms with E-state index in [0.29, 0.717) is 36.6 Å². The lowest BCUT2D eigenvalue weighted by Gasteiger charge is -2.37. The molecule has 1 aromatic rings. The molecule has 0 amide bonds. The smallest absolute Gasteiger partial charge is 0.187 e. The van der Waals surface area contributed by atoms with Gasteiger partial charge in [0.05, 0.1) is 5.92 Å². The van der Waals surface area contributed by atoms with E-state index in [1.54, 1.807) is 20.1 Å². The Morgan fingerprint density at radius 3 is 2.55 bits per heavy atom. The maximum atomic E-state index is 13.3. The summed E-state index contributed by atoms with van der Waals surface area (Å²) in [6.07, 6.45) is 3.80. The van der Waals surface area contributed by atoms with E-state index in [-0.39, 0.29) is 11.6 Å². The number of amidine groups is 1. The van der Waals surface area contributed by atoms with Gasteiger partial charge in [-0.25, -0.2) is 9.98 Å². The maximum absolute atomic E-state index is 13.3. The summed E-state index contributed by atoms with van der Waals surface area (Å²) >= 11 is 0. The van der Waals surface area contributed by atoms with Crippen molar-refractivity contribution < 1.29 is 9.59 Å². The zero-order valence-electron chi connectivity index (χ0n) is 17.1. The Bertz CT molecular complexity index is 970. The number of carbonyl (C=O) groups excluding carboxylic acids is 2. The number of aliphatic imine (C=N–C) groups is 3. The number of nitrogens with zero attached hydrogens (tertiary/aromatic N) is 3. The van der Waals surface area contributed by atoms with Gasteiger partial charge >= 0.3 is 0 Å². The summed E-state index contributed by atoms with van der Waals surface area (Å²) in [5.41, 5.74) is 2.09. The van der Waals surface area contributed by atoms with Gasteiger partial charge in [-0.05, 0) is 45.8 Å². The molecule has 0 bridgehead atoms. The van der Waals surface area contributed by atoms with Crippen molar-refractivity contribution in [1.82, 2.24) is 5.32 Å². The van der Waals surface area contributed by atoms with Crippen LogP contribution in [-0.2, 0) is 16.0 Å². The molecule has 1 aromatic carbocycles. The van der Waals surface area contributed by atoms with Crippen LogP contribution in [0.1, 0.15) is 32.3 Å². The summed E-state index contributed by atoms with van der Waals surface area (Å²) in [4.78, 5) is 40.2. The Labute approximate surface area is 170 Å². The lowest BCUT2D eigenvalue weighted by Crippen LogP contribution is -2.50. The van der Waals surface area contributed by atoms with Crippen molar-refractivity contribution in [2.24, 2.45) is 26.8 Å². The molecule has 29 heavy (non-hydrogen) atoms. The standard InChI is InChI=1S/C23H26N4O2/c1-23(2)22(29)18-15(11-12-24-3)21(28)20-19(16(18)13-25-23)26-17(27-20)10-9-14-7-5-4-6-8-14/h4-8,13,15,18,24H,9-12H2,1-3H3. The molecule has 2 heterocycles. The van der Waals surface area contributed by atoms with Crippen molar-refractivity contribution in [3.63, 3.8) is 0 Å². The number of hydrogen-bond donors (Lipinski definition) is 1. The maximum Gasteiger partial charge on any atom is 0.187 e. The van der Waals surface area contributed by atoms with E-state index in [2.05, 4.69) is 32.4 Å². The number of benzene rings is 1. The minimum absolute atomic E-state index is 0.0102. The Kier molecular flexibility index (Phi) is 5.13. The van der Waals surface area contributed by atoms with Crippen LogP contribution in [-0.4, -0.2) is 48.5 Å². The molecule has 0 saturated carbocycles. The Morgan fingerprint density at radius 2 is 1.83 bits per heavy atom. The van der Waals surface area contributed by atoms with Crippen LogP contribution in [0.3, 0.4) is 0 Å². The molecule has 6 heteroatoms. The number of rotatable bonds is 6. The van der Waals surface area contributed by atoms with Gasteiger partial charge in [0.1, 0.15) is 22.8 Å². The lowest BCUT2D eigenvalue weighted by molar-refractivity contribution is -0.131. The van der Waals surface area contributed by atoms with Crippen molar-refractivity contribution in [3.8, 4) is 0 Å². The Hall–Kier alpha value is -2.73. The first-order valence-corrected chi connectivity index (χ1v) is 10.2. The molecule has 1 aliphatic carbocycles. The molecular formula is C23H26N4O2. The lowest BCUT2D eigenvalue weighted by atomic mass is 9.67. The van der Waals surface area contributed by atoms with Crippen LogP contribution in [0, 0.1) is 11.8 Å². The fourth-order valence-electron chi connectivity index (χ4n) is 4.20. The summed E-state index contributed by atoms with van der Waals surface area (Å²) in [6, 6.07) is 10.1. The number of aryl methyl sites for hydroxylation is 1. The summed E-state index contributed by atoms with van der Waals surface area (Å²) in [5, 5.41) is 3.09. The van der Waals surface area contributed by atoms with Gasteiger partial charge in [-0.2, -0.15) is 0 Å². The number of nitrogens with one attached hydrogen (secondary N) is 1. The molecule has 0 radical (unpaired) electrons. The number of carbonyl (C=O) groups is 2. The minimum atomic E-state index is -0.819. The van der Waals surface area contributed by atoms with Gasteiger partial charge < -0.3 is 5.32 Å². The number of fused-ring (bicyclic) bond motifs is 2. The van der Waals surface area contributed by atoms with E-state index in [0.717, 1.165) is 12.0 Å². The highest BCUT2D eigenvalue weighted by Crippen LogP contribution is 2.41. The van der Waals surface area contributed by atoms with Crippen molar-refractivity contribution >= 4 is 29.3 Å². The zero-order chi connectivity index (χ0) is 20.6. The van der Waals surface area contributed by atoms with Gasteiger partial charge in [0, 0.05) is 24.1 Å². The van der Waals surface area contributed by atoms with Gasteiger partial charge in [0.15, 0.2) is 11.6 Å². The molecule has 1 N–H and O–H groups in total. The molecule has 0 saturated heterocycles. The molecule has 0 fully saturated rings. The fourth-order valence-corrected chi connectivity index (χ4v) is 4.20. The third kappa shape index (κ3) is 3.53. The van der Waals surface area contributed by atoms with Crippen LogP contribution in [0.25, 0.3) is 0 Å². The van der Waals surface area contributed by atoms with E-state index in [1.165, 1.54) is 5.56 Å². The van der Waals surface area contributed by atoms with Crippen LogP contribution < -0.4 is 5.32 Å². The van der Waals surface area contributed by atoms with Crippen LogP contribution in [0.5, 0.6) is 0 Å². The molecule has 0 spiro atoms. The highest BCUT2D eigenvalue weighted by molar-refractivity contribution is 6.51. The summed E-state index contributed by atoms with van der Waals surface area (Å²) in [6.45, 7) is 4.27. The van der Waals surface area contributed by atoms with E-state index in [9.17, 15) is 9.59 Å². The predicted molar refractivity (Wildman–Crippen MR) is 115 cm³/mol. The number of hydrogen-bond acceptors (Lipinski definition) is 6. The second kappa shape index (κ2) is 7.59. The molecule has 2 unspecified atom stereocenters. The molecular weight excluding hydrogens is 364 g/mol. The van der Waals surface area contributed by atoms with Crippen LogP contribution >= 0.6 is 0 Å². The van der Waals surface area contributed by atoms with Gasteiger partial charge in [-0.1, -0.05) is 30.3 Å². The first-order valence-electron chi connectivity index (χ1n) is 10.2. The van der Waals surface area contributed by atoms with Crippen molar-refractivity contribution in [3.05, 3.63) is 47.2 Å². The monoisotopic (exact) mass is 390 g/mol. The predicted octanol–water partition coefficient (Wildman–Crippen LogP) is 2.58. The van der Waals surface area contributed by atoms with Crippen LogP contribution in [0.2, 0.25) is 0 Å². The largest absolute Gasteiger partial charge is 0.320 e. The SMILES string of the molecule is CNCCC1C(=O)C2=NC(CCc3ccccc3)=NC2=C2C=NC(C)(C)C(=O)C21. The van der Waals surface area contributed by atoms with E-state index < -0.39 is 17.4 Å². The second-order valence-corrected chi connectivity index (χ2v) is 8.30. The number of Topliss-reactive ketones (excluding diaryl/α,β-unsaturated/α-hetero) is 2. The fraction of sp³-hybridized carbons (Fsp3) is 0.435. The summed E-state index contributed by atoms with van der Waals surface area (Å²) < 4.78 is 0. The Morgan fingerprint density at radius 1 is 1.07 bits per heavy atom. The van der Waals surface area contributed by atoms with Crippen LogP contribution in [0.15, 0.2) is 56.6 Å². The highest BCUT2D eigenvalue weighted by atomic mass is 16.1. The normalized spacial score (nSPS) is 24.9. The van der Waals surface area contributed by atoms with Gasteiger partial charge in [0.2, 0.25) is 0 Å². The summed E-state index contributed by atoms with van der Waals surface area (Å²) in [7, 11) is 1.85. The third-order valence-corrected chi connectivity index (χ3v) is 5.88. The average molecular weight is 390 g/mol. The molecule has 0 aromatic heterocycles. The van der Waals surface area contributed by atoms with Crippen LogP contribution in [0.4, 0.5) is 0 Å². The van der Waals surface area contributed by atoms with E-state index in [4.69, 9.17) is 0 Å². The van der Waals surface area contributed by atoms with E-state index in [1.807, 2.05) is 25.2 Å². The number of ketones is 2. The summed E-state index contributed by atoms with van der Waals surface area (Å²) in [5.74, 6) is -0.332. The molecule has 4 rings (SSSR count). The van der Waals surface area contributed by atoms with Crippen molar-refractivity contribution in [2.75, 3.05) is 13.6 Å². The minimum Gasteiger partial charge on any atom is -0.320 e. The third-order valence-electron chi connectivity index (χ3n) is 5.88. The van der Waals surface area contributed by atoms with Gasteiger partial charge in [0.25, 0.3) is 0 Å². The first kappa shape index (κ1) is 19.6. The van der Waals surface area contributed by atoms with Gasteiger partial charge in [-0.15, -0.1) is 0 Å². The molecule has 3 aliphatic rings. The van der Waals surface area contributed by atoms with Crippen molar-refractivity contribution in [2.45, 2.75) is 38.6 Å². The quantitative estimate of drug-likeness (QED) is 0.810. The first-order chi connectivity index (χ1) is 13.9. The highest BCUT2D eigenvalue weighted by Gasteiger charge is 2.50. The average Bonchev–Trinajstić information content (AvgIpc) is 3.15. The zero-order valence-corrected chi connectivity index (χ0v) is 17.1.